The Bertz CT molecular complexity index is 846. The standard InChI is InChI=1S/C17H21ClN2O4S/c1-3-4-9-19-16(21)11-25(22,23)10-15-12(2)24-17(20-15)13-7-5-6-8-14(13)18/h5-8H,3-4,9-11H2,1-2H3,(H,19,21). The molecule has 0 spiro atoms. The number of hydrogen-bond acceptors (Lipinski definition) is 5. The highest BCUT2D eigenvalue weighted by atomic mass is 35.5. The lowest BCUT2D eigenvalue weighted by molar-refractivity contribution is -0.118. The van der Waals surface area contributed by atoms with Gasteiger partial charge in [0, 0.05) is 6.54 Å². The Balaban J connectivity index is 2.10. The van der Waals surface area contributed by atoms with E-state index in [9.17, 15) is 13.2 Å². The van der Waals surface area contributed by atoms with E-state index in [0.29, 0.717) is 22.9 Å². The van der Waals surface area contributed by atoms with Crippen LogP contribution in [0.5, 0.6) is 0 Å². The topological polar surface area (TPSA) is 89.3 Å². The maximum atomic E-state index is 12.2. The number of sulfone groups is 1. The maximum absolute atomic E-state index is 12.2. The SMILES string of the molecule is CCCCNC(=O)CS(=O)(=O)Cc1nc(-c2ccccc2Cl)oc1C. The smallest absolute Gasteiger partial charge is 0.235 e. The Hall–Kier alpha value is -1.86. The van der Waals surface area contributed by atoms with E-state index >= 15 is 0 Å². The Morgan fingerprint density at radius 3 is 2.72 bits per heavy atom. The van der Waals surface area contributed by atoms with E-state index in [1.807, 2.05) is 6.92 Å². The molecule has 0 aliphatic carbocycles. The Kier molecular flexibility index (Phi) is 6.61. The molecule has 8 heteroatoms. The molecule has 1 aromatic heterocycles. The summed E-state index contributed by atoms with van der Waals surface area (Å²) in [4.78, 5) is 16.0. The second kappa shape index (κ2) is 8.49. The number of halogens is 1. The third kappa shape index (κ3) is 5.57. The summed E-state index contributed by atoms with van der Waals surface area (Å²) in [5, 5.41) is 3.07. The molecule has 0 saturated heterocycles. The molecule has 0 fully saturated rings. The number of aryl methyl sites for hydroxylation is 1. The summed E-state index contributed by atoms with van der Waals surface area (Å²) in [6.45, 7) is 4.11. The van der Waals surface area contributed by atoms with Crippen LogP contribution in [-0.4, -0.2) is 31.6 Å². The van der Waals surface area contributed by atoms with Gasteiger partial charge in [-0.1, -0.05) is 37.1 Å². The third-order valence-electron chi connectivity index (χ3n) is 3.56. The highest BCUT2D eigenvalue weighted by Crippen LogP contribution is 2.28. The fourth-order valence-electron chi connectivity index (χ4n) is 2.23. The second-order valence-electron chi connectivity index (χ2n) is 5.74. The number of unbranched alkanes of at least 4 members (excludes halogenated alkanes) is 1. The van der Waals surface area contributed by atoms with Crippen LogP contribution < -0.4 is 5.32 Å². The van der Waals surface area contributed by atoms with Gasteiger partial charge in [0.25, 0.3) is 0 Å². The lowest BCUT2D eigenvalue weighted by Gasteiger charge is -2.05. The van der Waals surface area contributed by atoms with Crippen LogP contribution in [0, 0.1) is 6.92 Å². The van der Waals surface area contributed by atoms with Gasteiger partial charge in [0.05, 0.1) is 22.0 Å². The van der Waals surface area contributed by atoms with Crippen molar-refractivity contribution in [3.05, 3.63) is 40.7 Å². The van der Waals surface area contributed by atoms with Crippen LogP contribution in [0.25, 0.3) is 11.5 Å². The van der Waals surface area contributed by atoms with E-state index in [2.05, 4.69) is 10.3 Å². The molecular weight excluding hydrogens is 364 g/mol. The summed E-state index contributed by atoms with van der Waals surface area (Å²) < 4.78 is 30.0. The molecule has 1 N–H and O–H groups in total. The molecule has 0 unspecified atom stereocenters. The van der Waals surface area contributed by atoms with Gasteiger partial charge in [-0.15, -0.1) is 0 Å². The number of rotatable bonds is 8. The zero-order chi connectivity index (χ0) is 18.4. The van der Waals surface area contributed by atoms with Gasteiger partial charge in [0.1, 0.15) is 11.5 Å². The summed E-state index contributed by atoms with van der Waals surface area (Å²) in [6.07, 6.45) is 1.74. The minimum absolute atomic E-state index is 0.265. The number of oxazole rings is 1. The van der Waals surface area contributed by atoms with E-state index < -0.39 is 21.5 Å². The molecule has 2 rings (SSSR count). The minimum atomic E-state index is -3.64. The molecule has 25 heavy (non-hydrogen) atoms. The zero-order valence-corrected chi connectivity index (χ0v) is 15.8. The molecule has 6 nitrogen and oxygen atoms in total. The molecule has 0 saturated carbocycles. The molecule has 1 aromatic carbocycles. The van der Waals surface area contributed by atoms with Crippen molar-refractivity contribution in [3.8, 4) is 11.5 Å². The predicted molar refractivity (Wildman–Crippen MR) is 97.1 cm³/mol. The van der Waals surface area contributed by atoms with Crippen LogP contribution in [0.2, 0.25) is 5.02 Å². The number of hydrogen-bond donors (Lipinski definition) is 1. The van der Waals surface area contributed by atoms with Crippen LogP contribution in [0.1, 0.15) is 31.2 Å². The number of nitrogens with one attached hydrogen (secondary N) is 1. The van der Waals surface area contributed by atoms with Crippen LogP contribution >= 0.6 is 11.6 Å². The quantitative estimate of drug-likeness (QED) is 0.706. The average molecular weight is 385 g/mol. The highest BCUT2D eigenvalue weighted by Gasteiger charge is 2.22. The normalized spacial score (nSPS) is 11.5. The molecular formula is C17H21ClN2O4S. The van der Waals surface area contributed by atoms with Crippen LogP contribution in [0.3, 0.4) is 0 Å². The molecule has 136 valence electrons. The Morgan fingerprint density at radius 1 is 1.32 bits per heavy atom. The number of carbonyl (C=O) groups excluding carboxylic acids is 1. The van der Waals surface area contributed by atoms with Gasteiger partial charge in [0.2, 0.25) is 11.8 Å². The first-order valence-corrected chi connectivity index (χ1v) is 10.2. The van der Waals surface area contributed by atoms with Crippen LogP contribution in [-0.2, 0) is 20.4 Å². The molecule has 0 bridgehead atoms. The lowest BCUT2D eigenvalue weighted by Crippen LogP contribution is -2.31. The number of amides is 1. The molecule has 0 aliphatic heterocycles. The molecule has 2 aromatic rings. The van der Waals surface area contributed by atoms with Crippen molar-refractivity contribution in [3.63, 3.8) is 0 Å². The van der Waals surface area contributed by atoms with Crippen LogP contribution in [0.15, 0.2) is 28.7 Å². The van der Waals surface area contributed by atoms with Gasteiger partial charge < -0.3 is 9.73 Å². The number of benzene rings is 1. The first-order valence-electron chi connectivity index (χ1n) is 8.00. The highest BCUT2D eigenvalue weighted by molar-refractivity contribution is 7.91. The van der Waals surface area contributed by atoms with E-state index in [-0.39, 0.29) is 17.3 Å². The van der Waals surface area contributed by atoms with Crippen molar-refractivity contribution in [2.45, 2.75) is 32.4 Å². The van der Waals surface area contributed by atoms with Gasteiger partial charge >= 0.3 is 0 Å². The van der Waals surface area contributed by atoms with E-state index in [0.717, 1.165) is 12.8 Å². The first-order chi connectivity index (χ1) is 11.8. The summed E-state index contributed by atoms with van der Waals surface area (Å²) in [6, 6.07) is 7.02. The average Bonchev–Trinajstić information content (AvgIpc) is 2.87. The molecule has 1 amide bonds. The van der Waals surface area contributed by atoms with Crippen LogP contribution in [0.4, 0.5) is 0 Å². The van der Waals surface area contributed by atoms with Crippen molar-refractivity contribution in [2.75, 3.05) is 12.3 Å². The van der Waals surface area contributed by atoms with E-state index in [4.69, 9.17) is 16.0 Å². The summed E-state index contributed by atoms with van der Waals surface area (Å²) in [5.41, 5.74) is 0.879. The van der Waals surface area contributed by atoms with Gasteiger partial charge in [0.15, 0.2) is 9.84 Å². The Labute approximate surface area is 152 Å². The summed E-state index contributed by atoms with van der Waals surface area (Å²) in [7, 11) is -3.64. The zero-order valence-electron chi connectivity index (χ0n) is 14.2. The van der Waals surface area contributed by atoms with Gasteiger partial charge in [-0.3, -0.25) is 4.79 Å². The third-order valence-corrected chi connectivity index (χ3v) is 5.30. The Morgan fingerprint density at radius 2 is 2.04 bits per heavy atom. The number of nitrogens with zero attached hydrogens (tertiary/aromatic N) is 1. The first kappa shape index (κ1) is 19.5. The van der Waals surface area contributed by atoms with Crippen molar-refractivity contribution >= 4 is 27.3 Å². The van der Waals surface area contributed by atoms with Crippen molar-refractivity contribution in [2.24, 2.45) is 0 Å². The van der Waals surface area contributed by atoms with Gasteiger partial charge in [-0.05, 0) is 25.5 Å². The number of aromatic nitrogens is 1. The predicted octanol–water partition coefficient (Wildman–Crippen LogP) is 3.13. The van der Waals surface area contributed by atoms with Gasteiger partial charge in [-0.25, -0.2) is 13.4 Å². The van der Waals surface area contributed by atoms with Crippen molar-refractivity contribution < 1.29 is 17.6 Å². The number of carbonyl (C=O) groups is 1. The monoisotopic (exact) mass is 384 g/mol. The van der Waals surface area contributed by atoms with Crippen molar-refractivity contribution in [1.82, 2.24) is 10.3 Å². The fourth-order valence-corrected chi connectivity index (χ4v) is 3.73. The van der Waals surface area contributed by atoms with E-state index in [1.165, 1.54) is 0 Å². The molecule has 0 atom stereocenters. The van der Waals surface area contributed by atoms with Gasteiger partial charge in [-0.2, -0.15) is 0 Å². The van der Waals surface area contributed by atoms with Crippen molar-refractivity contribution in [1.29, 1.82) is 0 Å². The largest absolute Gasteiger partial charge is 0.441 e. The second-order valence-corrected chi connectivity index (χ2v) is 8.21. The summed E-state index contributed by atoms with van der Waals surface area (Å²) >= 11 is 6.11. The molecule has 1 heterocycles. The fraction of sp³-hybridized carbons (Fsp3) is 0.412. The summed E-state index contributed by atoms with van der Waals surface area (Å²) in [5.74, 6) is -0.759. The minimum Gasteiger partial charge on any atom is -0.441 e. The van der Waals surface area contributed by atoms with E-state index in [1.54, 1.807) is 31.2 Å². The molecule has 0 aliphatic rings. The molecule has 0 radical (unpaired) electrons. The lowest BCUT2D eigenvalue weighted by atomic mass is 10.2. The maximum Gasteiger partial charge on any atom is 0.235 e.